The summed E-state index contributed by atoms with van der Waals surface area (Å²) in [6.07, 6.45) is -3.85. The molecule has 15 heavy (non-hydrogen) atoms. The Labute approximate surface area is 82.5 Å². The van der Waals surface area contributed by atoms with E-state index in [-0.39, 0.29) is 12.4 Å². The molecule has 0 aromatic carbocycles. The van der Waals surface area contributed by atoms with Crippen molar-refractivity contribution in [2.45, 2.75) is 32.4 Å². The number of rotatable bonds is 4. The first kappa shape index (κ1) is 11.9. The van der Waals surface area contributed by atoms with E-state index in [1.165, 1.54) is 6.92 Å². The van der Waals surface area contributed by atoms with Crippen molar-refractivity contribution >= 4 is 0 Å². The van der Waals surface area contributed by atoms with Gasteiger partial charge in [-0.1, -0.05) is 0 Å². The molecule has 8 heteroatoms. The van der Waals surface area contributed by atoms with E-state index in [1.807, 2.05) is 0 Å². The second-order valence-electron chi connectivity index (χ2n) is 2.77. The summed E-state index contributed by atoms with van der Waals surface area (Å²) < 4.78 is 50.7. The van der Waals surface area contributed by atoms with Gasteiger partial charge in [0.15, 0.2) is 5.82 Å². The Kier molecular flexibility index (Phi) is 3.28. The summed E-state index contributed by atoms with van der Waals surface area (Å²) in [5.74, 6) is -5.63. The number of hydrogen-bond acceptors (Lipinski definition) is 3. The third kappa shape index (κ3) is 1.94. The van der Waals surface area contributed by atoms with Crippen molar-refractivity contribution in [2.24, 2.45) is 0 Å². The molecule has 1 N–H and O–H groups in total. The Morgan fingerprint density at radius 3 is 2.40 bits per heavy atom. The molecule has 0 atom stereocenters. The maximum Gasteiger partial charge on any atom is 0.365 e. The van der Waals surface area contributed by atoms with Gasteiger partial charge < -0.3 is 9.67 Å². The molecule has 86 valence electrons. The van der Waals surface area contributed by atoms with Crippen molar-refractivity contribution in [1.82, 2.24) is 14.8 Å². The third-order valence-corrected chi connectivity index (χ3v) is 1.86. The molecule has 0 fully saturated rings. The maximum absolute atomic E-state index is 12.9. The second-order valence-corrected chi connectivity index (χ2v) is 2.77. The molecule has 1 aromatic rings. The third-order valence-electron chi connectivity index (χ3n) is 1.86. The number of nitrogens with zero attached hydrogens (tertiary/aromatic N) is 3. The Morgan fingerprint density at radius 1 is 1.40 bits per heavy atom. The number of halogens is 4. The lowest BCUT2D eigenvalue weighted by atomic mass is 10.3. The quantitative estimate of drug-likeness (QED) is 0.785. The highest BCUT2D eigenvalue weighted by Crippen LogP contribution is 2.33. The monoisotopic (exact) mass is 227 g/mol. The van der Waals surface area contributed by atoms with E-state index in [2.05, 4.69) is 10.2 Å². The fourth-order valence-corrected chi connectivity index (χ4v) is 1.13. The van der Waals surface area contributed by atoms with E-state index in [0.717, 1.165) is 4.57 Å². The summed E-state index contributed by atoms with van der Waals surface area (Å²) in [6.45, 7) is 0.828. The zero-order valence-electron chi connectivity index (χ0n) is 7.79. The van der Waals surface area contributed by atoms with Gasteiger partial charge in [-0.25, -0.2) is 8.78 Å². The molecular formula is C7H9F4N3O. The summed E-state index contributed by atoms with van der Waals surface area (Å²) in [6, 6.07) is 0. The van der Waals surface area contributed by atoms with E-state index >= 15 is 0 Å². The van der Waals surface area contributed by atoms with Crippen LogP contribution >= 0.6 is 0 Å². The highest BCUT2D eigenvalue weighted by atomic mass is 19.3. The molecule has 0 spiro atoms. The zero-order valence-corrected chi connectivity index (χ0v) is 7.79. The highest BCUT2D eigenvalue weighted by molar-refractivity contribution is 5.03. The van der Waals surface area contributed by atoms with Gasteiger partial charge in [0.05, 0.1) is 0 Å². The van der Waals surface area contributed by atoms with Crippen LogP contribution in [0, 0.1) is 0 Å². The van der Waals surface area contributed by atoms with Crippen LogP contribution in [0.3, 0.4) is 0 Å². The van der Waals surface area contributed by atoms with Crippen molar-refractivity contribution in [3.05, 3.63) is 11.6 Å². The lowest BCUT2D eigenvalue weighted by molar-refractivity contribution is -0.143. The van der Waals surface area contributed by atoms with Crippen molar-refractivity contribution in [1.29, 1.82) is 0 Å². The molecule has 0 radical (unpaired) electrons. The van der Waals surface area contributed by atoms with Gasteiger partial charge in [-0.3, -0.25) is 0 Å². The molecule has 0 aliphatic rings. The van der Waals surface area contributed by atoms with Crippen LogP contribution < -0.4 is 0 Å². The molecule has 0 bridgehead atoms. The summed E-state index contributed by atoms with van der Waals surface area (Å²) >= 11 is 0. The van der Waals surface area contributed by atoms with E-state index < -0.39 is 24.8 Å². The van der Waals surface area contributed by atoms with Crippen LogP contribution in [0.4, 0.5) is 17.6 Å². The van der Waals surface area contributed by atoms with Crippen molar-refractivity contribution in [3.8, 4) is 0 Å². The predicted molar refractivity (Wildman–Crippen MR) is 41.5 cm³/mol. The van der Waals surface area contributed by atoms with Gasteiger partial charge in [0.25, 0.3) is 0 Å². The number of aliphatic hydroxyl groups is 1. The molecule has 1 heterocycles. The fourth-order valence-electron chi connectivity index (χ4n) is 1.13. The van der Waals surface area contributed by atoms with Crippen LogP contribution in [0.15, 0.2) is 0 Å². The average Bonchev–Trinajstić information content (AvgIpc) is 2.60. The van der Waals surface area contributed by atoms with E-state index in [1.54, 1.807) is 0 Å². The number of alkyl halides is 4. The smallest absolute Gasteiger partial charge is 0.365 e. The molecule has 0 unspecified atom stereocenters. The molecule has 1 aromatic heterocycles. The Morgan fingerprint density at radius 2 is 2.00 bits per heavy atom. The van der Waals surface area contributed by atoms with Gasteiger partial charge in [0, 0.05) is 6.54 Å². The largest absolute Gasteiger partial charge is 0.388 e. The van der Waals surface area contributed by atoms with Crippen LogP contribution in [0.25, 0.3) is 0 Å². The Hall–Kier alpha value is -1.18. The minimum absolute atomic E-state index is 0.0134. The topological polar surface area (TPSA) is 50.9 Å². The Balaban J connectivity index is 3.19. The summed E-state index contributed by atoms with van der Waals surface area (Å²) in [4.78, 5) is 0. The normalized spacial score (nSPS) is 12.5. The van der Waals surface area contributed by atoms with Gasteiger partial charge >= 0.3 is 12.3 Å². The highest BCUT2D eigenvalue weighted by Gasteiger charge is 2.47. The maximum atomic E-state index is 12.9. The van der Waals surface area contributed by atoms with Gasteiger partial charge in [-0.05, 0) is 6.92 Å². The van der Waals surface area contributed by atoms with E-state index in [4.69, 9.17) is 5.11 Å². The molecular weight excluding hydrogens is 218 g/mol. The molecule has 0 aliphatic carbocycles. The zero-order chi connectivity index (χ0) is 11.6. The average molecular weight is 227 g/mol. The van der Waals surface area contributed by atoms with Crippen LogP contribution in [0.1, 0.15) is 18.6 Å². The first-order chi connectivity index (χ1) is 6.95. The number of aliphatic hydroxyl groups excluding tert-OH is 1. The minimum Gasteiger partial charge on any atom is -0.388 e. The van der Waals surface area contributed by atoms with Gasteiger partial charge in [0.1, 0.15) is 6.61 Å². The molecule has 0 saturated heterocycles. The van der Waals surface area contributed by atoms with Crippen molar-refractivity contribution < 1.29 is 22.7 Å². The lowest BCUT2D eigenvalue weighted by Gasteiger charge is -2.15. The van der Waals surface area contributed by atoms with Crippen molar-refractivity contribution in [3.63, 3.8) is 0 Å². The molecule has 4 nitrogen and oxygen atoms in total. The number of hydrogen-bond donors (Lipinski definition) is 1. The van der Waals surface area contributed by atoms with Crippen LogP contribution in [-0.2, 0) is 19.1 Å². The summed E-state index contributed by atoms with van der Waals surface area (Å²) in [5, 5.41) is 14.9. The minimum atomic E-state index is -4.35. The standard InChI is InChI=1S/C7H9F4N3O/c1-2-14-4(3-15)12-13-6(14)7(10,11)5(8)9/h5,15H,2-3H2,1H3. The first-order valence-corrected chi connectivity index (χ1v) is 4.14. The van der Waals surface area contributed by atoms with Gasteiger partial charge in [-0.15, -0.1) is 10.2 Å². The predicted octanol–water partition coefficient (Wildman–Crippen LogP) is 1.15. The fraction of sp³-hybridized carbons (Fsp3) is 0.714. The van der Waals surface area contributed by atoms with E-state index in [0.29, 0.717) is 0 Å². The molecule has 1 rings (SSSR count). The second kappa shape index (κ2) is 4.13. The molecule has 0 saturated carbocycles. The molecule has 0 amide bonds. The van der Waals surface area contributed by atoms with Crippen LogP contribution in [-0.4, -0.2) is 26.3 Å². The SMILES string of the molecule is CCn1c(CO)nnc1C(F)(F)C(F)F. The van der Waals surface area contributed by atoms with Crippen LogP contribution in [0.5, 0.6) is 0 Å². The van der Waals surface area contributed by atoms with Crippen molar-refractivity contribution in [2.75, 3.05) is 0 Å². The van der Waals surface area contributed by atoms with Crippen LogP contribution in [0.2, 0.25) is 0 Å². The Bertz CT molecular complexity index is 339. The van der Waals surface area contributed by atoms with Gasteiger partial charge in [-0.2, -0.15) is 8.78 Å². The lowest BCUT2D eigenvalue weighted by Crippen LogP contribution is -2.28. The van der Waals surface area contributed by atoms with E-state index in [9.17, 15) is 17.6 Å². The number of aromatic nitrogens is 3. The van der Waals surface area contributed by atoms with Gasteiger partial charge in [0.2, 0.25) is 5.82 Å². The first-order valence-electron chi connectivity index (χ1n) is 4.14. The molecule has 0 aliphatic heterocycles. The summed E-state index contributed by atoms with van der Waals surface area (Å²) in [7, 11) is 0. The summed E-state index contributed by atoms with van der Waals surface area (Å²) in [5.41, 5.74) is 0.